The molecule has 0 bridgehead atoms. The van der Waals surface area contributed by atoms with Crippen LogP contribution in [0.2, 0.25) is 0 Å². The van der Waals surface area contributed by atoms with Crippen LogP contribution in [0.15, 0.2) is 97.2 Å². The average molecular weight is 946 g/mol. The van der Waals surface area contributed by atoms with Crippen molar-refractivity contribution in [1.29, 1.82) is 0 Å². The maximum Gasteiger partial charge on any atom is 0.306 e. The second-order valence-electron chi connectivity index (χ2n) is 19.0. The van der Waals surface area contributed by atoms with E-state index in [1.165, 1.54) is 154 Å². The van der Waals surface area contributed by atoms with Crippen LogP contribution in [0.5, 0.6) is 0 Å². The lowest BCUT2D eigenvalue weighted by molar-refractivity contribution is -0.161. The number of carbonyl (C=O) groups is 2. The first kappa shape index (κ1) is 64.8. The molecule has 0 aromatic rings. The van der Waals surface area contributed by atoms with E-state index in [1.54, 1.807) is 0 Å². The van der Waals surface area contributed by atoms with Gasteiger partial charge in [-0.2, -0.15) is 0 Å². The van der Waals surface area contributed by atoms with Crippen molar-refractivity contribution in [3.05, 3.63) is 97.2 Å². The highest BCUT2D eigenvalue weighted by Gasteiger charge is 2.16. The summed E-state index contributed by atoms with van der Waals surface area (Å²) >= 11 is 0. The third kappa shape index (κ3) is 55.4. The lowest BCUT2D eigenvalue weighted by atomic mass is 10.0. The van der Waals surface area contributed by atoms with E-state index in [1.807, 2.05) is 0 Å². The van der Waals surface area contributed by atoms with Crippen LogP contribution in [0.4, 0.5) is 0 Å². The van der Waals surface area contributed by atoms with E-state index < -0.39 is 6.10 Å². The first-order valence-electron chi connectivity index (χ1n) is 28.8. The maximum absolute atomic E-state index is 12.3. The van der Waals surface area contributed by atoms with Crippen molar-refractivity contribution in [1.82, 2.24) is 0 Å². The molecule has 0 saturated heterocycles. The molecule has 0 aliphatic heterocycles. The van der Waals surface area contributed by atoms with E-state index >= 15 is 0 Å². The van der Waals surface area contributed by atoms with Crippen LogP contribution in [0.1, 0.15) is 271 Å². The molecule has 0 radical (unpaired) electrons. The quantitative estimate of drug-likeness (QED) is 0.0374. The summed E-state index contributed by atoms with van der Waals surface area (Å²) < 4.78 is 10.7. The number of hydrogen-bond donors (Lipinski definition) is 1. The minimum atomic E-state index is -0.772. The summed E-state index contributed by atoms with van der Waals surface area (Å²) in [7, 11) is 0. The number of ether oxygens (including phenoxy) is 2. The lowest BCUT2D eigenvalue weighted by Gasteiger charge is -2.15. The summed E-state index contributed by atoms with van der Waals surface area (Å²) in [5.74, 6) is -0.583. The molecule has 1 N–H and O–H groups in total. The Morgan fingerprint density at radius 2 is 0.632 bits per heavy atom. The number of aliphatic hydroxyl groups excluding tert-OH is 1. The van der Waals surface area contributed by atoms with Gasteiger partial charge >= 0.3 is 11.9 Å². The Hall–Kier alpha value is -3.18. The highest BCUT2D eigenvalue weighted by Crippen LogP contribution is 2.16. The van der Waals surface area contributed by atoms with Gasteiger partial charge in [0.25, 0.3) is 0 Å². The van der Waals surface area contributed by atoms with E-state index in [9.17, 15) is 14.7 Å². The Morgan fingerprint density at radius 3 is 0.956 bits per heavy atom. The fraction of sp³-hybridized carbons (Fsp3) is 0.714. The third-order valence-corrected chi connectivity index (χ3v) is 12.4. The predicted octanol–water partition coefficient (Wildman–Crippen LogP) is 19.5. The van der Waals surface area contributed by atoms with E-state index in [4.69, 9.17) is 9.47 Å². The molecule has 1 atom stereocenters. The molecule has 5 heteroatoms. The fourth-order valence-corrected chi connectivity index (χ4v) is 8.10. The summed E-state index contributed by atoms with van der Waals surface area (Å²) in [5, 5.41) is 9.62. The largest absolute Gasteiger partial charge is 0.462 e. The summed E-state index contributed by atoms with van der Waals surface area (Å²) in [6, 6.07) is 0. The van der Waals surface area contributed by atoms with Gasteiger partial charge in [0.1, 0.15) is 6.61 Å². The molecule has 0 spiro atoms. The highest BCUT2D eigenvalue weighted by atomic mass is 16.6. The van der Waals surface area contributed by atoms with Crippen LogP contribution in [0, 0.1) is 0 Å². The summed E-state index contributed by atoms with van der Waals surface area (Å²) in [5.41, 5.74) is 0. The van der Waals surface area contributed by atoms with Gasteiger partial charge in [-0.1, -0.05) is 278 Å². The molecule has 0 aliphatic rings. The van der Waals surface area contributed by atoms with E-state index in [2.05, 4.69) is 111 Å². The normalized spacial score (nSPS) is 12.9. The Kier molecular flexibility index (Phi) is 55.4. The second kappa shape index (κ2) is 58.1. The standard InChI is InChI=1S/C63H108O5/c1-3-5-7-9-11-13-15-17-18-19-20-21-22-23-24-25-26-27-28-29-30-31-32-33-34-35-36-37-38-39-40-41-42-43-44-46-48-50-52-54-56-58-63(66)68-61(59-64)60-67-62(65)57-55-53-51-49-47-45-16-14-12-10-8-6-4-2/h5,7,11,13,17-18,20-21,23-24,26-27,29-30,32-33,61,64H,3-4,6,8-10,12,14-16,19,22,25,28,31,34-60H2,1-2H3/b7-5-,13-11-,18-17-,21-20-,24-23-,27-26-,30-29-,33-32-. The lowest BCUT2D eigenvalue weighted by Crippen LogP contribution is -2.28. The number of unbranched alkanes of at least 4 members (excludes halogenated alkanes) is 28. The van der Waals surface area contributed by atoms with Gasteiger partial charge in [0.2, 0.25) is 0 Å². The molecular formula is C63H108O5. The molecular weight excluding hydrogens is 837 g/mol. The Bertz CT molecular complexity index is 1300. The number of carbonyl (C=O) groups excluding carboxylic acids is 2. The number of rotatable bonds is 52. The van der Waals surface area contributed by atoms with Crippen LogP contribution in [0.25, 0.3) is 0 Å². The molecule has 0 fully saturated rings. The van der Waals surface area contributed by atoms with E-state index in [0.717, 1.165) is 89.9 Å². The Balaban J connectivity index is 3.48. The molecule has 390 valence electrons. The van der Waals surface area contributed by atoms with Gasteiger partial charge in [-0.15, -0.1) is 0 Å². The molecule has 5 nitrogen and oxygen atoms in total. The van der Waals surface area contributed by atoms with Crippen molar-refractivity contribution in [3.8, 4) is 0 Å². The summed E-state index contributed by atoms with van der Waals surface area (Å²) in [4.78, 5) is 24.4. The van der Waals surface area contributed by atoms with Gasteiger partial charge in [0, 0.05) is 12.8 Å². The molecule has 0 aliphatic carbocycles. The summed E-state index contributed by atoms with van der Waals surface area (Å²) in [6.07, 6.45) is 82.5. The van der Waals surface area contributed by atoms with Gasteiger partial charge in [-0.05, 0) is 77.0 Å². The monoisotopic (exact) mass is 945 g/mol. The van der Waals surface area contributed by atoms with Crippen molar-refractivity contribution < 1.29 is 24.2 Å². The van der Waals surface area contributed by atoms with Crippen molar-refractivity contribution in [2.45, 2.75) is 277 Å². The smallest absolute Gasteiger partial charge is 0.306 e. The minimum Gasteiger partial charge on any atom is -0.462 e. The average Bonchev–Trinajstić information content (AvgIpc) is 3.34. The van der Waals surface area contributed by atoms with Crippen LogP contribution in [-0.2, 0) is 19.1 Å². The van der Waals surface area contributed by atoms with Crippen molar-refractivity contribution in [3.63, 3.8) is 0 Å². The zero-order valence-electron chi connectivity index (χ0n) is 44.6. The van der Waals surface area contributed by atoms with Crippen molar-refractivity contribution in [2.75, 3.05) is 13.2 Å². The number of esters is 2. The van der Waals surface area contributed by atoms with Crippen LogP contribution in [0.3, 0.4) is 0 Å². The number of allylic oxidation sites excluding steroid dienone is 16. The molecule has 0 amide bonds. The van der Waals surface area contributed by atoms with Gasteiger partial charge in [0.05, 0.1) is 6.61 Å². The topological polar surface area (TPSA) is 72.8 Å². The van der Waals surface area contributed by atoms with Crippen molar-refractivity contribution >= 4 is 11.9 Å². The first-order chi connectivity index (χ1) is 33.6. The molecule has 0 rings (SSSR count). The van der Waals surface area contributed by atoms with Gasteiger partial charge in [0.15, 0.2) is 6.10 Å². The molecule has 0 heterocycles. The van der Waals surface area contributed by atoms with Gasteiger partial charge in [-0.3, -0.25) is 9.59 Å². The molecule has 0 aromatic carbocycles. The van der Waals surface area contributed by atoms with Gasteiger partial charge < -0.3 is 14.6 Å². The Labute approximate surface area is 421 Å². The number of aliphatic hydroxyl groups is 1. The van der Waals surface area contributed by atoms with Gasteiger partial charge in [-0.25, -0.2) is 0 Å². The SMILES string of the molecule is CC/C=C\C/C=C\C/C=C\C/C=C\C/C=C\C/C=C\C/C=C\C/C=C\CCCCCCCCCCCCCCCCCCC(=O)OC(CO)COC(=O)CCCCCCCCCCCCCCC. The van der Waals surface area contributed by atoms with E-state index in [0.29, 0.717) is 12.8 Å². The van der Waals surface area contributed by atoms with Crippen LogP contribution in [-0.4, -0.2) is 36.4 Å². The molecule has 68 heavy (non-hydrogen) atoms. The molecule has 1 unspecified atom stereocenters. The predicted molar refractivity (Wildman–Crippen MR) is 297 cm³/mol. The first-order valence-corrected chi connectivity index (χ1v) is 28.8. The molecule has 0 saturated carbocycles. The molecule has 0 aromatic heterocycles. The van der Waals surface area contributed by atoms with E-state index in [-0.39, 0.29) is 25.2 Å². The van der Waals surface area contributed by atoms with Crippen LogP contribution >= 0.6 is 0 Å². The zero-order chi connectivity index (χ0) is 49.2. The Morgan fingerprint density at radius 1 is 0.353 bits per heavy atom. The van der Waals surface area contributed by atoms with Crippen LogP contribution < -0.4 is 0 Å². The summed E-state index contributed by atoms with van der Waals surface area (Å²) in [6.45, 7) is 4.04. The zero-order valence-corrected chi connectivity index (χ0v) is 44.6. The maximum atomic E-state index is 12.3. The number of hydrogen-bond acceptors (Lipinski definition) is 5. The van der Waals surface area contributed by atoms with Crippen molar-refractivity contribution in [2.24, 2.45) is 0 Å². The minimum absolute atomic E-state index is 0.0642. The third-order valence-electron chi connectivity index (χ3n) is 12.4. The fourth-order valence-electron chi connectivity index (χ4n) is 8.10. The second-order valence-corrected chi connectivity index (χ2v) is 19.0. The highest BCUT2D eigenvalue weighted by molar-refractivity contribution is 5.70.